The molecular weight excluding hydrogens is 462 g/mol. The van der Waals surface area contributed by atoms with Crippen molar-refractivity contribution >= 4 is 28.8 Å². The summed E-state index contributed by atoms with van der Waals surface area (Å²) < 4.78 is 3.78. The summed E-state index contributed by atoms with van der Waals surface area (Å²) in [5.41, 5.74) is 3.55. The molecule has 8 nitrogen and oxygen atoms in total. The minimum atomic E-state index is -0.490. The number of hydrogen-bond acceptors (Lipinski definition) is 5. The number of carbonyl (C=O) groups is 1. The largest absolute Gasteiger partial charge is 0.352 e. The van der Waals surface area contributed by atoms with Gasteiger partial charge in [-0.3, -0.25) is 9.48 Å². The normalized spacial score (nSPS) is 15.9. The number of hydrogen-bond donors (Lipinski definition) is 1. The summed E-state index contributed by atoms with van der Waals surface area (Å²) in [5.74, 6) is 0.885. The van der Waals surface area contributed by atoms with E-state index >= 15 is 0 Å². The summed E-state index contributed by atoms with van der Waals surface area (Å²) in [6.07, 6.45) is 8.28. The first-order valence-electron chi connectivity index (χ1n) is 12.0. The second kappa shape index (κ2) is 9.00. The fourth-order valence-electron chi connectivity index (χ4n) is 4.63. The van der Waals surface area contributed by atoms with E-state index in [-0.39, 0.29) is 11.9 Å². The highest BCUT2D eigenvalue weighted by Gasteiger charge is 2.46. The lowest BCUT2D eigenvalue weighted by atomic mass is 9.80. The van der Waals surface area contributed by atoms with E-state index in [2.05, 4.69) is 52.2 Å². The Morgan fingerprint density at radius 2 is 1.89 bits per heavy atom. The molecule has 1 fully saturated rings. The van der Waals surface area contributed by atoms with Gasteiger partial charge in [0.05, 0.1) is 17.7 Å². The first-order chi connectivity index (χ1) is 16.8. The molecule has 1 N–H and O–H groups in total. The molecule has 1 saturated heterocycles. The SMILES string of the molecule is CC[C@H](NC(=O)C1(C)CN(c2ncnn3cc(-c4cnn(C(C)C)c4)cc23)C1)c1ccc(Cl)cc1. The molecule has 0 aliphatic carbocycles. The van der Waals surface area contributed by atoms with Gasteiger partial charge in [-0.2, -0.15) is 10.2 Å². The van der Waals surface area contributed by atoms with E-state index in [0.29, 0.717) is 24.2 Å². The zero-order chi connectivity index (χ0) is 24.7. The molecule has 9 heteroatoms. The van der Waals surface area contributed by atoms with Gasteiger partial charge in [-0.25, -0.2) is 9.50 Å². The summed E-state index contributed by atoms with van der Waals surface area (Å²) >= 11 is 6.03. The highest BCUT2D eigenvalue weighted by Crippen LogP contribution is 2.37. The van der Waals surface area contributed by atoms with Crippen molar-refractivity contribution in [1.29, 1.82) is 0 Å². The summed E-state index contributed by atoms with van der Waals surface area (Å²) in [4.78, 5) is 19.9. The Labute approximate surface area is 209 Å². The smallest absolute Gasteiger partial charge is 0.230 e. The Morgan fingerprint density at radius 3 is 2.54 bits per heavy atom. The Balaban J connectivity index is 1.32. The van der Waals surface area contributed by atoms with Crippen LogP contribution in [0.4, 0.5) is 5.82 Å². The molecule has 0 radical (unpaired) electrons. The van der Waals surface area contributed by atoms with Crippen LogP contribution in [0.3, 0.4) is 0 Å². The standard InChI is InChI=1S/C26H30ClN7O/c1-5-22(18-6-8-21(27)9-7-18)31-25(35)26(4)14-32(15-26)24-23-10-19(12-34(23)30-16-28-24)20-11-29-33(13-20)17(2)3/h6-13,16-17,22H,5,14-15H2,1-4H3,(H,31,35)/t22-/m0/s1. The van der Waals surface area contributed by atoms with E-state index in [1.165, 1.54) is 0 Å². The minimum Gasteiger partial charge on any atom is -0.352 e. The van der Waals surface area contributed by atoms with Gasteiger partial charge in [0.25, 0.3) is 0 Å². The zero-order valence-corrected chi connectivity index (χ0v) is 21.2. The molecule has 3 aromatic heterocycles. The molecule has 4 heterocycles. The van der Waals surface area contributed by atoms with Gasteiger partial charge in [-0.05, 0) is 51.0 Å². The maximum Gasteiger partial charge on any atom is 0.230 e. The molecule has 0 bridgehead atoms. The number of halogens is 1. The quantitative estimate of drug-likeness (QED) is 0.397. The van der Waals surface area contributed by atoms with Crippen molar-refractivity contribution in [2.45, 2.75) is 46.2 Å². The highest BCUT2D eigenvalue weighted by molar-refractivity contribution is 6.30. The molecule has 1 aliphatic heterocycles. The fraction of sp³-hybridized carbons (Fsp3) is 0.385. The average molecular weight is 492 g/mol. The molecule has 1 amide bonds. The number of amides is 1. The summed E-state index contributed by atoms with van der Waals surface area (Å²) in [7, 11) is 0. The number of benzene rings is 1. The Morgan fingerprint density at radius 1 is 1.14 bits per heavy atom. The molecule has 182 valence electrons. The number of nitrogens with zero attached hydrogens (tertiary/aromatic N) is 6. The molecule has 0 unspecified atom stereocenters. The molecule has 0 saturated carbocycles. The van der Waals surface area contributed by atoms with Crippen LogP contribution in [0.5, 0.6) is 0 Å². The Bertz CT molecular complexity index is 1350. The van der Waals surface area contributed by atoms with Crippen molar-refractivity contribution in [2.75, 3.05) is 18.0 Å². The van der Waals surface area contributed by atoms with Crippen molar-refractivity contribution in [1.82, 2.24) is 29.7 Å². The monoisotopic (exact) mass is 491 g/mol. The van der Waals surface area contributed by atoms with Gasteiger partial charge in [0.2, 0.25) is 5.91 Å². The summed E-state index contributed by atoms with van der Waals surface area (Å²) in [5, 5.41) is 12.8. The number of carbonyl (C=O) groups excluding carboxylic acids is 1. The third-order valence-corrected chi connectivity index (χ3v) is 7.01. The minimum absolute atomic E-state index is 0.0451. The summed E-state index contributed by atoms with van der Waals surface area (Å²) in [6, 6.07) is 10.00. The third kappa shape index (κ3) is 4.38. The van der Waals surface area contributed by atoms with E-state index < -0.39 is 5.41 Å². The Kier molecular flexibility index (Phi) is 6.01. The molecule has 1 aliphatic rings. The van der Waals surface area contributed by atoms with Gasteiger partial charge >= 0.3 is 0 Å². The maximum atomic E-state index is 13.2. The lowest BCUT2D eigenvalue weighted by Gasteiger charge is -2.47. The number of fused-ring (bicyclic) bond motifs is 1. The lowest BCUT2D eigenvalue weighted by Crippen LogP contribution is -2.62. The molecule has 4 aromatic rings. The van der Waals surface area contributed by atoms with E-state index in [4.69, 9.17) is 11.6 Å². The Hall–Kier alpha value is -3.39. The van der Waals surface area contributed by atoms with Gasteiger partial charge in [0, 0.05) is 47.7 Å². The first-order valence-corrected chi connectivity index (χ1v) is 12.3. The molecule has 1 atom stereocenters. The van der Waals surface area contributed by atoms with E-state index in [1.807, 2.05) is 59.0 Å². The van der Waals surface area contributed by atoms with Crippen LogP contribution in [0.2, 0.25) is 5.02 Å². The lowest BCUT2D eigenvalue weighted by molar-refractivity contribution is -0.132. The van der Waals surface area contributed by atoms with Gasteiger partial charge in [0.1, 0.15) is 11.8 Å². The molecule has 0 spiro atoms. The number of anilines is 1. The van der Waals surface area contributed by atoms with Gasteiger partial charge in [-0.15, -0.1) is 0 Å². The van der Waals surface area contributed by atoms with Crippen LogP contribution in [0.15, 0.2) is 55.2 Å². The summed E-state index contributed by atoms with van der Waals surface area (Å²) in [6.45, 7) is 9.47. The molecule has 35 heavy (non-hydrogen) atoms. The predicted octanol–water partition coefficient (Wildman–Crippen LogP) is 4.92. The molecule has 5 rings (SSSR count). The van der Waals surface area contributed by atoms with Crippen LogP contribution in [0.1, 0.15) is 51.8 Å². The number of nitrogens with one attached hydrogen (secondary N) is 1. The first kappa shape index (κ1) is 23.4. The second-order valence-electron chi connectivity index (χ2n) is 9.85. The topological polar surface area (TPSA) is 80.3 Å². The van der Waals surface area contributed by atoms with Crippen molar-refractivity contribution in [3.63, 3.8) is 0 Å². The third-order valence-electron chi connectivity index (χ3n) is 6.76. The van der Waals surface area contributed by atoms with E-state index in [1.54, 1.807) is 6.33 Å². The number of aromatic nitrogens is 5. The van der Waals surface area contributed by atoms with Crippen LogP contribution < -0.4 is 10.2 Å². The van der Waals surface area contributed by atoms with E-state index in [0.717, 1.165) is 34.4 Å². The van der Waals surface area contributed by atoms with Crippen LogP contribution in [0.25, 0.3) is 16.6 Å². The van der Waals surface area contributed by atoms with Gasteiger partial charge in [-0.1, -0.05) is 30.7 Å². The average Bonchev–Trinajstić information content (AvgIpc) is 3.48. The van der Waals surface area contributed by atoms with Crippen molar-refractivity contribution in [3.8, 4) is 11.1 Å². The number of rotatable bonds is 7. The van der Waals surface area contributed by atoms with Crippen molar-refractivity contribution in [3.05, 3.63) is 65.8 Å². The fourth-order valence-corrected chi connectivity index (χ4v) is 4.75. The second-order valence-corrected chi connectivity index (χ2v) is 10.3. The predicted molar refractivity (Wildman–Crippen MR) is 138 cm³/mol. The van der Waals surface area contributed by atoms with Crippen LogP contribution in [0, 0.1) is 5.41 Å². The molecule has 1 aromatic carbocycles. The van der Waals surface area contributed by atoms with Crippen LogP contribution >= 0.6 is 11.6 Å². The van der Waals surface area contributed by atoms with Crippen molar-refractivity contribution in [2.24, 2.45) is 5.41 Å². The van der Waals surface area contributed by atoms with Crippen LogP contribution in [-0.4, -0.2) is 43.4 Å². The van der Waals surface area contributed by atoms with Crippen LogP contribution in [-0.2, 0) is 4.79 Å². The highest BCUT2D eigenvalue weighted by atomic mass is 35.5. The van der Waals surface area contributed by atoms with E-state index in [9.17, 15) is 4.79 Å². The van der Waals surface area contributed by atoms with Gasteiger partial charge < -0.3 is 10.2 Å². The molecular formula is C26H30ClN7O. The zero-order valence-electron chi connectivity index (χ0n) is 20.4. The van der Waals surface area contributed by atoms with Gasteiger partial charge in [0.15, 0.2) is 5.82 Å². The maximum absolute atomic E-state index is 13.2. The van der Waals surface area contributed by atoms with Crippen molar-refractivity contribution < 1.29 is 4.79 Å².